The second-order valence-electron chi connectivity index (χ2n) is 19.3. The molecule has 7 aromatic carbocycles. The van der Waals surface area contributed by atoms with Gasteiger partial charge in [0.15, 0.2) is 17.5 Å². The van der Waals surface area contributed by atoms with E-state index in [0.717, 1.165) is 89.5 Å². The Morgan fingerprint density at radius 2 is 0.877 bits per heavy atom. The second kappa shape index (κ2) is 14.4. The number of benzene rings is 7. The second-order valence-corrected chi connectivity index (χ2v) is 19.3. The quantitative estimate of drug-likeness (QED) is 0.160. The van der Waals surface area contributed by atoms with Gasteiger partial charge < -0.3 is 13.7 Å². The third-order valence-electron chi connectivity index (χ3n) is 13.0. The standard InChI is InChI=1S/C57H46BN5O2/c1-56(2,3)38-25-29-40(30-26-38)62-44-33-37(54-60-52(35-17-9-7-10-18-35)59-53(61-54)36-19-11-8-12-20-36)34-45-49(44)58(51-50(62)43-22-14-16-24-47(43)64-51)48-42-21-13-15-23-46(42)65-55(48)63(45)41-31-27-39(28-32-41)57(4,5)6/h7-34H,1-6H3. The van der Waals surface area contributed by atoms with Crippen LogP contribution in [0.25, 0.3) is 56.1 Å². The zero-order valence-electron chi connectivity index (χ0n) is 37.3. The van der Waals surface area contributed by atoms with Crippen molar-refractivity contribution in [3.63, 3.8) is 0 Å². The minimum atomic E-state index is -0.302. The van der Waals surface area contributed by atoms with Gasteiger partial charge in [-0.2, -0.15) is 0 Å². The fourth-order valence-electron chi connectivity index (χ4n) is 9.71. The van der Waals surface area contributed by atoms with Crippen LogP contribution in [0.15, 0.2) is 179 Å². The molecule has 0 radical (unpaired) electrons. The van der Waals surface area contributed by atoms with Crippen LogP contribution in [0.1, 0.15) is 52.7 Å². The van der Waals surface area contributed by atoms with Crippen molar-refractivity contribution < 1.29 is 8.83 Å². The smallest absolute Gasteiger partial charge is 0.302 e. The molecule has 0 spiro atoms. The number of aromatic nitrogens is 3. The van der Waals surface area contributed by atoms with Crippen LogP contribution in [0.4, 0.5) is 34.3 Å². The number of para-hydroxylation sites is 2. The summed E-state index contributed by atoms with van der Waals surface area (Å²) in [5, 5.41) is 2.09. The SMILES string of the molecule is CC(C)(C)c1ccc(N2c3cc(-c4nc(-c5ccccc5)nc(-c5ccccc5)n4)cc4c3B(c3oc5ccccc5c3N4c3ccc(C(C)(C)C)cc3)c3c2oc2ccccc32)cc1. The molecule has 8 heteroatoms. The lowest BCUT2D eigenvalue weighted by atomic mass is 9.35. The van der Waals surface area contributed by atoms with Crippen LogP contribution in [0.5, 0.6) is 0 Å². The van der Waals surface area contributed by atoms with E-state index in [1.54, 1.807) is 0 Å². The minimum Gasteiger partial charge on any atom is -0.468 e. The molecule has 12 rings (SSSR count). The van der Waals surface area contributed by atoms with E-state index in [-0.39, 0.29) is 17.5 Å². The van der Waals surface area contributed by atoms with Crippen LogP contribution in [-0.2, 0) is 10.8 Å². The Kier molecular flexibility index (Phi) is 8.63. The van der Waals surface area contributed by atoms with E-state index < -0.39 is 0 Å². The number of rotatable bonds is 5. The summed E-state index contributed by atoms with van der Waals surface area (Å²) in [7, 11) is 0. The van der Waals surface area contributed by atoms with Gasteiger partial charge in [-0.25, -0.2) is 15.0 Å². The first-order valence-electron chi connectivity index (χ1n) is 22.4. The van der Waals surface area contributed by atoms with E-state index in [1.807, 2.05) is 48.5 Å². The summed E-state index contributed by atoms with van der Waals surface area (Å²) >= 11 is 0. The summed E-state index contributed by atoms with van der Waals surface area (Å²) in [5.74, 6) is 2.53. The Balaban J connectivity index is 1.21. The minimum absolute atomic E-state index is 0.0223. The zero-order valence-corrected chi connectivity index (χ0v) is 37.3. The first-order valence-corrected chi connectivity index (χ1v) is 22.4. The monoisotopic (exact) mass is 843 g/mol. The van der Waals surface area contributed by atoms with Crippen LogP contribution in [0, 0.1) is 0 Å². The first-order chi connectivity index (χ1) is 31.5. The molecule has 10 aromatic rings. The summed E-state index contributed by atoms with van der Waals surface area (Å²) in [6, 6.07) is 59.6. The van der Waals surface area contributed by atoms with Gasteiger partial charge in [0.05, 0.1) is 11.3 Å². The van der Waals surface area contributed by atoms with Gasteiger partial charge in [-0.15, -0.1) is 0 Å². The molecule has 0 N–H and O–H groups in total. The lowest BCUT2D eigenvalue weighted by Gasteiger charge is -2.41. The molecule has 0 saturated heterocycles. The normalized spacial score (nSPS) is 13.3. The van der Waals surface area contributed by atoms with E-state index in [9.17, 15) is 0 Å². The maximum Gasteiger partial charge on any atom is 0.302 e. The number of fused-ring (bicyclic) bond motifs is 8. The van der Waals surface area contributed by atoms with Gasteiger partial charge in [0.2, 0.25) is 5.88 Å². The number of hydrogen-bond acceptors (Lipinski definition) is 7. The molecule has 2 aliphatic heterocycles. The molecule has 3 aromatic heterocycles. The maximum atomic E-state index is 7.15. The molecule has 0 amide bonds. The van der Waals surface area contributed by atoms with Crippen molar-refractivity contribution in [3.05, 3.63) is 181 Å². The number of hydrogen-bond donors (Lipinski definition) is 0. The van der Waals surface area contributed by atoms with Crippen LogP contribution in [0.2, 0.25) is 0 Å². The number of nitrogens with zero attached hydrogens (tertiary/aromatic N) is 5. The number of anilines is 6. The van der Waals surface area contributed by atoms with Gasteiger partial charge in [0, 0.05) is 55.7 Å². The van der Waals surface area contributed by atoms with E-state index in [2.05, 4.69) is 173 Å². The number of furan rings is 2. The summed E-state index contributed by atoms with van der Waals surface area (Å²) in [6.45, 7) is 13.2. The van der Waals surface area contributed by atoms with Crippen molar-refractivity contribution >= 4 is 79.6 Å². The Labute approximate surface area is 379 Å². The summed E-state index contributed by atoms with van der Waals surface area (Å²) < 4.78 is 14.2. The molecule has 5 heterocycles. The lowest BCUT2D eigenvalue weighted by molar-refractivity contribution is 0.590. The van der Waals surface area contributed by atoms with Gasteiger partial charge >= 0.3 is 6.71 Å². The third kappa shape index (κ3) is 6.30. The molecule has 314 valence electrons. The van der Waals surface area contributed by atoms with E-state index >= 15 is 0 Å². The van der Waals surface area contributed by atoms with Crippen LogP contribution < -0.4 is 26.4 Å². The highest BCUT2D eigenvalue weighted by Crippen LogP contribution is 2.49. The fraction of sp³-hybridized carbons (Fsp3) is 0.140. The average Bonchev–Trinajstić information content (AvgIpc) is 3.90. The fourth-order valence-corrected chi connectivity index (χ4v) is 9.71. The Hall–Kier alpha value is -7.71. The topological polar surface area (TPSA) is 71.4 Å². The van der Waals surface area contributed by atoms with Gasteiger partial charge in [0.25, 0.3) is 0 Å². The average molecular weight is 844 g/mol. The zero-order chi connectivity index (χ0) is 44.2. The van der Waals surface area contributed by atoms with Gasteiger partial charge in [-0.1, -0.05) is 157 Å². The van der Waals surface area contributed by atoms with Crippen LogP contribution in [0.3, 0.4) is 0 Å². The van der Waals surface area contributed by atoms with Crippen molar-refractivity contribution in [1.82, 2.24) is 15.0 Å². The predicted molar refractivity (Wildman–Crippen MR) is 267 cm³/mol. The highest BCUT2D eigenvalue weighted by molar-refractivity contribution is 7.01. The van der Waals surface area contributed by atoms with Gasteiger partial charge in [-0.3, -0.25) is 4.90 Å². The van der Waals surface area contributed by atoms with Crippen molar-refractivity contribution in [2.24, 2.45) is 0 Å². The molecular formula is C57H46BN5O2. The Morgan fingerprint density at radius 3 is 1.42 bits per heavy atom. The van der Waals surface area contributed by atoms with E-state index in [4.69, 9.17) is 23.8 Å². The molecule has 0 fully saturated rings. The van der Waals surface area contributed by atoms with Gasteiger partial charge in [-0.05, 0) is 82.0 Å². The van der Waals surface area contributed by atoms with E-state index in [1.165, 1.54) is 11.1 Å². The Bertz CT molecular complexity index is 3400. The van der Waals surface area contributed by atoms with Gasteiger partial charge in [0.1, 0.15) is 11.2 Å². The van der Waals surface area contributed by atoms with E-state index in [0.29, 0.717) is 17.5 Å². The van der Waals surface area contributed by atoms with Crippen molar-refractivity contribution in [2.75, 3.05) is 9.80 Å². The first kappa shape index (κ1) is 38.9. The molecule has 0 atom stereocenters. The highest BCUT2D eigenvalue weighted by Gasteiger charge is 2.49. The molecule has 0 bridgehead atoms. The highest BCUT2D eigenvalue weighted by atomic mass is 16.4. The van der Waals surface area contributed by atoms with Crippen molar-refractivity contribution in [1.29, 1.82) is 0 Å². The molecule has 65 heavy (non-hydrogen) atoms. The van der Waals surface area contributed by atoms with Crippen molar-refractivity contribution in [2.45, 2.75) is 52.4 Å². The maximum absolute atomic E-state index is 7.15. The molecule has 0 unspecified atom stereocenters. The molecule has 0 aliphatic carbocycles. The van der Waals surface area contributed by atoms with Crippen molar-refractivity contribution in [3.8, 4) is 34.2 Å². The molecular weight excluding hydrogens is 797 g/mol. The van der Waals surface area contributed by atoms with Crippen LogP contribution >= 0.6 is 0 Å². The summed E-state index contributed by atoms with van der Waals surface area (Å²) in [4.78, 5) is 20.4. The largest absolute Gasteiger partial charge is 0.468 e. The Morgan fingerprint density at radius 1 is 0.431 bits per heavy atom. The molecule has 0 saturated carbocycles. The van der Waals surface area contributed by atoms with Crippen LogP contribution in [-0.4, -0.2) is 21.7 Å². The molecule has 2 aliphatic rings. The predicted octanol–water partition coefficient (Wildman–Crippen LogP) is 13.0. The summed E-state index contributed by atoms with van der Waals surface area (Å²) in [5.41, 5.74) is 14.8. The third-order valence-corrected chi connectivity index (χ3v) is 13.0. The molecule has 7 nitrogen and oxygen atoms in total. The summed E-state index contributed by atoms with van der Waals surface area (Å²) in [6.07, 6.45) is 0. The lowest BCUT2D eigenvalue weighted by Crippen LogP contribution is -2.60.